The second kappa shape index (κ2) is 5.18. The number of nitrogens with zero attached hydrogens (tertiary/aromatic N) is 1. The fraction of sp³-hybridized carbons (Fsp3) is 0.231. The molecule has 1 aromatic rings. The van der Waals surface area contributed by atoms with Gasteiger partial charge in [0.25, 0.3) is 5.91 Å². The highest BCUT2D eigenvalue weighted by Gasteiger charge is 2.15. The molecule has 18 heavy (non-hydrogen) atoms. The number of aromatic nitrogens is 1. The van der Waals surface area contributed by atoms with Crippen LogP contribution in [0.4, 0.5) is 0 Å². The van der Waals surface area contributed by atoms with Crippen LogP contribution in [0.15, 0.2) is 35.4 Å². The first-order valence-corrected chi connectivity index (χ1v) is 6.44. The number of allylic oxidation sites excluding steroid dienone is 4. The van der Waals surface area contributed by atoms with Crippen molar-refractivity contribution in [1.82, 2.24) is 4.98 Å². The van der Waals surface area contributed by atoms with Crippen LogP contribution in [0.5, 0.6) is 0 Å². The molecule has 2 N–H and O–H groups in total. The summed E-state index contributed by atoms with van der Waals surface area (Å²) in [4.78, 5) is 15.1. The van der Waals surface area contributed by atoms with Gasteiger partial charge in [0.1, 0.15) is 16.5 Å². The van der Waals surface area contributed by atoms with Crippen molar-refractivity contribution in [3.63, 3.8) is 0 Å². The standard InChI is InChI=1S/C13H14N2O2S/c1-3-11-9(4-5-17-11)6-8(2)13-15-10(7-18-13)12(14)16/h3,6-7H,2,4-5H2,1H3,(H2,14,16)/b9-6-,11-3+. The zero-order valence-electron chi connectivity index (χ0n) is 10.1. The van der Waals surface area contributed by atoms with E-state index < -0.39 is 5.91 Å². The van der Waals surface area contributed by atoms with E-state index in [1.165, 1.54) is 11.3 Å². The minimum absolute atomic E-state index is 0.281. The van der Waals surface area contributed by atoms with Gasteiger partial charge in [-0.05, 0) is 24.6 Å². The Morgan fingerprint density at radius 2 is 2.44 bits per heavy atom. The first-order chi connectivity index (χ1) is 8.61. The molecular formula is C13H14N2O2S. The Morgan fingerprint density at radius 3 is 3.06 bits per heavy atom. The van der Waals surface area contributed by atoms with Crippen molar-refractivity contribution in [2.24, 2.45) is 5.73 Å². The summed E-state index contributed by atoms with van der Waals surface area (Å²) in [6.45, 7) is 6.60. The van der Waals surface area contributed by atoms with Gasteiger partial charge in [-0.1, -0.05) is 6.58 Å². The Morgan fingerprint density at radius 1 is 1.67 bits per heavy atom. The SMILES string of the molecule is C=C(/C=C1/CCO/C1=C/C)c1nc(C(N)=O)cs1. The topological polar surface area (TPSA) is 65.2 Å². The average Bonchev–Trinajstić information content (AvgIpc) is 2.96. The lowest BCUT2D eigenvalue weighted by atomic mass is 10.1. The molecule has 0 saturated carbocycles. The van der Waals surface area contributed by atoms with Crippen molar-refractivity contribution in [3.05, 3.63) is 46.1 Å². The summed E-state index contributed by atoms with van der Waals surface area (Å²) in [6.07, 6.45) is 4.75. The number of hydrogen-bond donors (Lipinski definition) is 1. The van der Waals surface area contributed by atoms with Gasteiger partial charge < -0.3 is 10.5 Å². The average molecular weight is 262 g/mol. The molecule has 1 aliphatic rings. The van der Waals surface area contributed by atoms with Gasteiger partial charge in [0, 0.05) is 17.4 Å². The van der Waals surface area contributed by atoms with Crippen LogP contribution in [-0.4, -0.2) is 17.5 Å². The number of thiazole rings is 1. The van der Waals surface area contributed by atoms with Crippen molar-refractivity contribution in [2.45, 2.75) is 13.3 Å². The molecule has 2 heterocycles. The molecule has 4 nitrogen and oxygen atoms in total. The minimum Gasteiger partial charge on any atom is -0.493 e. The number of amides is 1. The summed E-state index contributed by atoms with van der Waals surface area (Å²) in [7, 11) is 0. The second-order valence-corrected chi connectivity index (χ2v) is 4.71. The third kappa shape index (κ3) is 2.51. The highest BCUT2D eigenvalue weighted by Crippen LogP contribution is 2.28. The van der Waals surface area contributed by atoms with Gasteiger partial charge in [-0.15, -0.1) is 11.3 Å². The first kappa shape index (κ1) is 12.6. The zero-order chi connectivity index (χ0) is 13.1. The summed E-state index contributed by atoms with van der Waals surface area (Å²) in [5, 5.41) is 2.35. The van der Waals surface area contributed by atoms with Crippen molar-refractivity contribution >= 4 is 22.8 Å². The molecule has 1 aromatic heterocycles. The molecule has 2 rings (SSSR count). The summed E-state index contributed by atoms with van der Waals surface area (Å²) in [5.41, 5.74) is 7.33. The van der Waals surface area contributed by atoms with Gasteiger partial charge in [-0.25, -0.2) is 4.98 Å². The minimum atomic E-state index is -0.517. The van der Waals surface area contributed by atoms with Crippen LogP contribution < -0.4 is 5.73 Å². The number of primary amides is 1. The van der Waals surface area contributed by atoms with Crippen molar-refractivity contribution in [2.75, 3.05) is 6.61 Å². The van der Waals surface area contributed by atoms with E-state index in [-0.39, 0.29) is 5.69 Å². The molecule has 1 fully saturated rings. The van der Waals surface area contributed by atoms with Crippen molar-refractivity contribution in [3.8, 4) is 0 Å². The van der Waals surface area contributed by atoms with Gasteiger partial charge in [0.2, 0.25) is 0 Å². The summed E-state index contributed by atoms with van der Waals surface area (Å²) < 4.78 is 5.46. The third-order valence-electron chi connectivity index (χ3n) is 2.59. The Kier molecular flexibility index (Phi) is 3.62. The van der Waals surface area contributed by atoms with E-state index in [0.717, 1.165) is 23.3 Å². The first-order valence-electron chi connectivity index (χ1n) is 5.56. The Bertz CT molecular complexity index is 555. The highest BCUT2D eigenvalue weighted by atomic mass is 32.1. The number of nitrogens with two attached hydrogens (primary N) is 1. The molecule has 0 bridgehead atoms. The van der Waals surface area contributed by atoms with Crippen molar-refractivity contribution in [1.29, 1.82) is 0 Å². The maximum Gasteiger partial charge on any atom is 0.268 e. The number of rotatable bonds is 3. The summed E-state index contributed by atoms with van der Waals surface area (Å²) >= 11 is 1.36. The van der Waals surface area contributed by atoms with Crippen LogP contribution >= 0.6 is 11.3 Å². The number of carbonyl (C=O) groups excluding carboxylic acids is 1. The van der Waals surface area contributed by atoms with E-state index in [1.807, 2.05) is 19.1 Å². The molecule has 94 valence electrons. The molecule has 0 unspecified atom stereocenters. The monoisotopic (exact) mass is 262 g/mol. The Balaban J connectivity index is 2.21. The van der Waals surface area contributed by atoms with Gasteiger partial charge in [-0.3, -0.25) is 4.79 Å². The Hall–Kier alpha value is -1.88. The van der Waals surface area contributed by atoms with E-state index in [4.69, 9.17) is 10.5 Å². The van der Waals surface area contributed by atoms with E-state index in [0.29, 0.717) is 11.6 Å². The van der Waals surface area contributed by atoms with E-state index in [9.17, 15) is 4.79 Å². The molecule has 1 aliphatic heterocycles. The van der Waals surface area contributed by atoms with Crippen molar-refractivity contribution < 1.29 is 9.53 Å². The van der Waals surface area contributed by atoms with Crippen LogP contribution in [0, 0.1) is 0 Å². The number of carbonyl (C=O) groups is 1. The molecule has 0 spiro atoms. The normalized spacial score (nSPS) is 19.2. The van der Waals surface area contributed by atoms with Gasteiger partial charge in [0.05, 0.1) is 6.61 Å². The maximum absolute atomic E-state index is 11.0. The van der Waals surface area contributed by atoms with E-state index in [2.05, 4.69) is 11.6 Å². The van der Waals surface area contributed by atoms with Gasteiger partial charge >= 0.3 is 0 Å². The zero-order valence-corrected chi connectivity index (χ0v) is 10.9. The predicted octanol–water partition coefficient (Wildman–Crippen LogP) is 2.51. The van der Waals surface area contributed by atoms with Crippen LogP contribution in [0.3, 0.4) is 0 Å². The smallest absolute Gasteiger partial charge is 0.268 e. The van der Waals surface area contributed by atoms with Gasteiger partial charge in [-0.2, -0.15) is 0 Å². The molecule has 1 saturated heterocycles. The molecule has 0 aliphatic carbocycles. The van der Waals surface area contributed by atoms with Crippen LogP contribution in [0.25, 0.3) is 5.57 Å². The van der Waals surface area contributed by atoms with Crippen LogP contribution in [0.1, 0.15) is 28.8 Å². The quantitative estimate of drug-likeness (QED) is 0.910. The lowest BCUT2D eigenvalue weighted by molar-refractivity contribution is 0.0996. The lowest BCUT2D eigenvalue weighted by Gasteiger charge is -2.00. The third-order valence-corrected chi connectivity index (χ3v) is 3.51. The van der Waals surface area contributed by atoms with E-state index >= 15 is 0 Å². The number of hydrogen-bond acceptors (Lipinski definition) is 4. The molecule has 5 heteroatoms. The van der Waals surface area contributed by atoms with Crippen LogP contribution in [-0.2, 0) is 4.74 Å². The fourth-order valence-corrected chi connectivity index (χ4v) is 2.46. The lowest BCUT2D eigenvalue weighted by Crippen LogP contribution is -2.11. The molecule has 1 amide bonds. The fourth-order valence-electron chi connectivity index (χ4n) is 1.71. The molecule has 0 atom stereocenters. The van der Waals surface area contributed by atoms with E-state index in [1.54, 1.807) is 5.38 Å². The highest BCUT2D eigenvalue weighted by molar-refractivity contribution is 7.11. The van der Waals surface area contributed by atoms with Gasteiger partial charge in [0.15, 0.2) is 0 Å². The largest absolute Gasteiger partial charge is 0.493 e. The van der Waals surface area contributed by atoms with Crippen LogP contribution in [0.2, 0.25) is 0 Å². The molecular weight excluding hydrogens is 248 g/mol. The number of ether oxygens (including phenoxy) is 1. The molecule has 0 aromatic carbocycles. The predicted molar refractivity (Wildman–Crippen MR) is 72.1 cm³/mol. The Labute approximate surface area is 109 Å². The maximum atomic E-state index is 11.0. The molecule has 0 radical (unpaired) electrons. The second-order valence-electron chi connectivity index (χ2n) is 3.85. The summed E-state index contributed by atoms with van der Waals surface area (Å²) in [6, 6.07) is 0. The summed E-state index contributed by atoms with van der Waals surface area (Å²) in [5.74, 6) is 0.374.